The minimum Gasteiger partial charge on any atom is -0.462 e. The highest BCUT2D eigenvalue weighted by Gasteiger charge is 2.17. The first kappa shape index (κ1) is 34.9. The van der Waals surface area contributed by atoms with Crippen molar-refractivity contribution in [2.75, 3.05) is 19.8 Å². The highest BCUT2D eigenvalue weighted by molar-refractivity contribution is 5.70. The van der Waals surface area contributed by atoms with Crippen molar-refractivity contribution < 1.29 is 23.8 Å². The van der Waals surface area contributed by atoms with E-state index in [2.05, 4.69) is 20.8 Å². The van der Waals surface area contributed by atoms with Gasteiger partial charge in [-0.15, -0.1) is 0 Å². The van der Waals surface area contributed by atoms with Gasteiger partial charge in [0.25, 0.3) is 0 Å². The SMILES string of the molecule is CCCCCCCCCCCC(=O)OCC(COCCCCCCCC)OC(=O)CCCCCCC. The smallest absolute Gasteiger partial charge is 0.306 e. The van der Waals surface area contributed by atoms with Crippen LogP contribution >= 0.6 is 0 Å². The molecule has 0 saturated carbocycles. The Labute approximate surface area is 223 Å². The van der Waals surface area contributed by atoms with Gasteiger partial charge in [0.1, 0.15) is 6.61 Å². The molecule has 5 heteroatoms. The Morgan fingerprint density at radius 3 is 1.42 bits per heavy atom. The van der Waals surface area contributed by atoms with Crippen molar-refractivity contribution in [3.63, 3.8) is 0 Å². The first-order valence-corrected chi connectivity index (χ1v) is 15.6. The van der Waals surface area contributed by atoms with Gasteiger partial charge in [-0.25, -0.2) is 0 Å². The number of rotatable bonds is 28. The third-order valence-electron chi connectivity index (χ3n) is 6.64. The van der Waals surface area contributed by atoms with Crippen molar-refractivity contribution in [2.24, 2.45) is 0 Å². The number of carbonyl (C=O) groups is 2. The van der Waals surface area contributed by atoms with Gasteiger partial charge in [-0.05, 0) is 19.3 Å². The van der Waals surface area contributed by atoms with E-state index in [1.165, 1.54) is 83.5 Å². The van der Waals surface area contributed by atoms with Crippen LogP contribution in [0, 0.1) is 0 Å². The van der Waals surface area contributed by atoms with Crippen LogP contribution in [0.4, 0.5) is 0 Å². The van der Waals surface area contributed by atoms with Gasteiger partial charge in [0.15, 0.2) is 6.10 Å². The Bertz CT molecular complexity index is 480. The van der Waals surface area contributed by atoms with Crippen molar-refractivity contribution >= 4 is 11.9 Å². The van der Waals surface area contributed by atoms with Crippen LogP contribution < -0.4 is 0 Å². The Kier molecular flexibility index (Phi) is 27.6. The monoisotopic (exact) mass is 512 g/mol. The third kappa shape index (κ3) is 26.0. The van der Waals surface area contributed by atoms with Gasteiger partial charge in [-0.1, -0.05) is 130 Å². The molecular formula is C31H60O5. The van der Waals surface area contributed by atoms with Gasteiger partial charge in [-0.3, -0.25) is 9.59 Å². The van der Waals surface area contributed by atoms with E-state index in [0.717, 1.165) is 44.9 Å². The van der Waals surface area contributed by atoms with Crippen molar-refractivity contribution in [1.82, 2.24) is 0 Å². The average Bonchev–Trinajstić information content (AvgIpc) is 2.87. The lowest BCUT2D eigenvalue weighted by atomic mass is 10.1. The van der Waals surface area contributed by atoms with Crippen LogP contribution in [0.15, 0.2) is 0 Å². The molecule has 1 atom stereocenters. The van der Waals surface area contributed by atoms with E-state index in [0.29, 0.717) is 26.1 Å². The summed E-state index contributed by atoms with van der Waals surface area (Å²) in [5, 5.41) is 0. The fourth-order valence-corrected chi connectivity index (χ4v) is 4.27. The van der Waals surface area contributed by atoms with E-state index in [1.54, 1.807) is 0 Å². The average molecular weight is 513 g/mol. The minimum absolute atomic E-state index is 0.0916. The zero-order valence-electron chi connectivity index (χ0n) is 24.3. The van der Waals surface area contributed by atoms with Crippen LogP contribution in [0.3, 0.4) is 0 Å². The van der Waals surface area contributed by atoms with Crippen LogP contribution in [0.2, 0.25) is 0 Å². The van der Waals surface area contributed by atoms with Gasteiger partial charge in [0.2, 0.25) is 0 Å². The quantitative estimate of drug-likeness (QED) is 0.0772. The molecule has 0 aliphatic rings. The number of esters is 2. The molecule has 0 bridgehead atoms. The van der Waals surface area contributed by atoms with Gasteiger partial charge >= 0.3 is 11.9 Å². The number of ether oxygens (including phenoxy) is 3. The zero-order chi connectivity index (χ0) is 26.5. The Hall–Kier alpha value is -1.10. The van der Waals surface area contributed by atoms with E-state index in [-0.39, 0.29) is 18.5 Å². The number of hydrogen-bond acceptors (Lipinski definition) is 5. The summed E-state index contributed by atoms with van der Waals surface area (Å²) in [6.45, 7) is 7.68. The fraction of sp³-hybridized carbons (Fsp3) is 0.935. The lowest BCUT2D eigenvalue weighted by Crippen LogP contribution is -2.30. The van der Waals surface area contributed by atoms with Crippen LogP contribution in [-0.2, 0) is 23.8 Å². The molecule has 0 amide bonds. The predicted octanol–water partition coefficient (Wildman–Crippen LogP) is 9.10. The molecule has 214 valence electrons. The first-order chi connectivity index (χ1) is 17.6. The van der Waals surface area contributed by atoms with Crippen molar-refractivity contribution in [2.45, 2.75) is 168 Å². The largest absolute Gasteiger partial charge is 0.462 e. The second-order valence-electron chi connectivity index (χ2n) is 10.4. The van der Waals surface area contributed by atoms with Crippen LogP contribution in [0.1, 0.15) is 162 Å². The molecule has 0 rings (SSSR count). The summed E-state index contributed by atoms with van der Waals surface area (Å²) in [5.41, 5.74) is 0. The Morgan fingerprint density at radius 2 is 0.917 bits per heavy atom. The third-order valence-corrected chi connectivity index (χ3v) is 6.64. The summed E-state index contributed by atoms with van der Waals surface area (Å²) in [4.78, 5) is 24.5. The Morgan fingerprint density at radius 1 is 0.500 bits per heavy atom. The highest BCUT2D eigenvalue weighted by atomic mass is 16.6. The summed E-state index contributed by atoms with van der Waals surface area (Å²) < 4.78 is 16.9. The molecule has 0 heterocycles. The maximum atomic E-state index is 12.3. The summed E-state index contributed by atoms with van der Waals surface area (Å²) in [6.07, 6.45) is 24.0. The number of hydrogen-bond donors (Lipinski definition) is 0. The van der Waals surface area contributed by atoms with Gasteiger partial charge in [0.05, 0.1) is 6.61 Å². The zero-order valence-corrected chi connectivity index (χ0v) is 24.3. The molecule has 0 aliphatic carbocycles. The van der Waals surface area contributed by atoms with E-state index in [9.17, 15) is 9.59 Å². The van der Waals surface area contributed by atoms with Gasteiger partial charge < -0.3 is 14.2 Å². The molecule has 0 aliphatic heterocycles. The molecule has 1 unspecified atom stereocenters. The van der Waals surface area contributed by atoms with Crippen LogP contribution in [0.5, 0.6) is 0 Å². The second-order valence-corrected chi connectivity index (χ2v) is 10.4. The molecule has 0 fully saturated rings. The highest BCUT2D eigenvalue weighted by Crippen LogP contribution is 2.12. The van der Waals surface area contributed by atoms with Crippen LogP contribution in [-0.4, -0.2) is 37.9 Å². The maximum Gasteiger partial charge on any atom is 0.306 e. The van der Waals surface area contributed by atoms with Crippen LogP contribution in [0.25, 0.3) is 0 Å². The summed E-state index contributed by atoms with van der Waals surface area (Å²) in [5.74, 6) is -0.413. The fourth-order valence-electron chi connectivity index (χ4n) is 4.27. The molecule has 0 radical (unpaired) electrons. The lowest BCUT2D eigenvalue weighted by molar-refractivity contribution is -0.163. The van der Waals surface area contributed by atoms with Crippen molar-refractivity contribution in [3.05, 3.63) is 0 Å². The summed E-state index contributed by atoms with van der Waals surface area (Å²) in [7, 11) is 0. The van der Waals surface area contributed by atoms with E-state index in [4.69, 9.17) is 14.2 Å². The molecule has 0 aromatic heterocycles. The van der Waals surface area contributed by atoms with Gasteiger partial charge in [0, 0.05) is 19.4 Å². The maximum absolute atomic E-state index is 12.3. The Balaban J connectivity index is 4.14. The molecule has 0 aromatic rings. The number of unbranched alkanes of at least 4 members (excludes halogenated alkanes) is 17. The topological polar surface area (TPSA) is 61.8 Å². The molecule has 0 N–H and O–H groups in total. The number of carbonyl (C=O) groups excluding carboxylic acids is 2. The van der Waals surface area contributed by atoms with E-state index < -0.39 is 6.10 Å². The molecule has 0 aromatic carbocycles. The standard InChI is InChI=1S/C31H60O5/c1-4-7-10-13-15-16-17-19-21-24-30(32)35-28-29(27-34-26-23-20-14-11-8-5-2)36-31(33)25-22-18-12-9-6-3/h29H,4-28H2,1-3H3. The molecule has 5 nitrogen and oxygen atoms in total. The predicted molar refractivity (Wildman–Crippen MR) is 150 cm³/mol. The summed E-state index contributed by atoms with van der Waals surface area (Å²) >= 11 is 0. The second kappa shape index (κ2) is 28.5. The normalized spacial score (nSPS) is 12.0. The van der Waals surface area contributed by atoms with Crippen molar-refractivity contribution in [3.8, 4) is 0 Å². The molecule has 36 heavy (non-hydrogen) atoms. The van der Waals surface area contributed by atoms with Crippen molar-refractivity contribution in [1.29, 1.82) is 0 Å². The minimum atomic E-state index is -0.514. The first-order valence-electron chi connectivity index (χ1n) is 15.6. The van der Waals surface area contributed by atoms with E-state index >= 15 is 0 Å². The van der Waals surface area contributed by atoms with E-state index in [1.807, 2.05) is 0 Å². The van der Waals surface area contributed by atoms with Gasteiger partial charge in [-0.2, -0.15) is 0 Å². The summed E-state index contributed by atoms with van der Waals surface area (Å²) in [6, 6.07) is 0. The lowest BCUT2D eigenvalue weighted by Gasteiger charge is -2.18. The molecule has 0 saturated heterocycles. The molecule has 0 spiro atoms. The molecular weight excluding hydrogens is 452 g/mol.